The van der Waals surface area contributed by atoms with Crippen molar-refractivity contribution < 1.29 is 23.1 Å². The maximum atomic E-state index is 13.6. The van der Waals surface area contributed by atoms with E-state index in [4.69, 9.17) is 0 Å². The van der Waals surface area contributed by atoms with Crippen molar-refractivity contribution in [3.8, 4) is 0 Å². The summed E-state index contributed by atoms with van der Waals surface area (Å²) in [7, 11) is 0. The molecule has 1 N–H and O–H groups in total. The third-order valence-corrected chi connectivity index (χ3v) is 5.47. The molecule has 1 saturated carbocycles. The summed E-state index contributed by atoms with van der Waals surface area (Å²) in [6.07, 6.45) is -0.187. The van der Waals surface area contributed by atoms with Crippen LogP contribution in [0.25, 0.3) is 0 Å². The Hall–Kier alpha value is -1.89. The lowest BCUT2D eigenvalue weighted by molar-refractivity contribution is -0.302. The number of benzene rings is 1. The number of hydrogen-bond acceptors (Lipinski definition) is 3. The lowest BCUT2D eigenvalue weighted by atomic mass is 9.83. The van der Waals surface area contributed by atoms with Gasteiger partial charge in [-0.1, -0.05) is 49.6 Å². The van der Waals surface area contributed by atoms with Crippen LogP contribution in [0.2, 0.25) is 0 Å². The van der Waals surface area contributed by atoms with Crippen molar-refractivity contribution in [1.29, 1.82) is 0 Å². The van der Waals surface area contributed by atoms with Crippen LogP contribution in [0.15, 0.2) is 35.4 Å². The lowest BCUT2D eigenvalue weighted by Gasteiger charge is -2.32. The summed E-state index contributed by atoms with van der Waals surface area (Å²) in [5, 5.41) is 14.6. The predicted octanol–water partition coefficient (Wildman–Crippen LogP) is 4.43. The first-order valence-corrected chi connectivity index (χ1v) is 9.55. The highest BCUT2D eigenvalue weighted by Crippen LogP contribution is 2.43. The van der Waals surface area contributed by atoms with Gasteiger partial charge in [-0.05, 0) is 37.2 Å². The fourth-order valence-electron chi connectivity index (χ4n) is 3.91. The number of aliphatic hydroxyl groups is 1. The Labute approximate surface area is 157 Å². The first-order valence-electron chi connectivity index (χ1n) is 9.55. The van der Waals surface area contributed by atoms with E-state index in [1.165, 1.54) is 0 Å². The first kappa shape index (κ1) is 19.9. The number of nitrogens with zero attached hydrogens (tertiary/aromatic N) is 2. The molecular weight excluding hydrogens is 357 g/mol. The largest absolute Gasteiger partial charge is 0.438 e. The standard InChI is InChI=1S/C20H25F3N2O2/c21-20(22,23)19(27)14-17(16-11-5-2-6-12-16)24-25(19)18(26)13-7-10-15-8-3-1-4-9-15/h1,3-4,8-9,16,27H,2,5-7,10-14H2/t19-/m1/s1. The molecule has 7 heteroatoms. The zero-order valence-electron chi connectivity index (χ0n) is 15.2. The maximum absolute atomic E-state index is 13.6. The van der Waals surface area contributed by atoms with Crippen molar-refractivity contribution in [2.45, 2.75) is 69.7 Å². The van der Waals surface area contributed by atoms with Gasteiger partial charge in [0.05, 0.1) is 0 Å². The summed E-state index contributed by atoms with van der Waals surface area (Å²) in [6.45, 7) is 0. The van der Waals surface area contributed by atoms with Crippen LogP contribution in [-0.4, -0.2) is 33.6 Å². The Bertz CT molecular complexity index is 684. The molecule has 1 heterocycles. The molecule has 1 aromatic rings. The summed E-state index contributed by atoms with van der Waals surface area (Å²) in [6, 6.07) is 9.45. The highest BCUT2D eigenvalue weighted by Gasteiger charge is 2.63. The second kappa shape index (κ2) is 8.00. The average Bonchev–Trinajstić information content (AvgIpc) is 3.02. The minimum absolute atomic E-state index is 0.0743. The second-order valence-corrected chi connectivity index (χ2v) is 7.46. The predicted molar refractivity (Wildman–Crippen MR) is 95.9 cm³/mol. The second-order valence-electron chi connectivity index (χ2n) is 7.46. The molecule has 148 valence electrons. The molecule has 0 saturated heterocycles. The van der Waals surface area contributed by atoms with Crippen LogP contribution in [0.1, 0.15) is 56.9 Å². The molecule has 27 heavy (non-hydrogen) atoms. The zero-order valence-corrected chi connectivity index (χ0v) is 15.2. The van der Waals surface area contributed by atoms with Gasteiger partial charge < -0.3 is 5.11 Å². The third kappa shape index (κ3) is 4.34. The van der Waals surface area contributed by atoms with E-state index in [9.17, 15) is 23.1 Å². The van der Waals surface area contributed by atoms with Crippen molar-refractivity contribution in [3.05, 3.63) is 35.9 Å². The highest BCUT2D eigenvalue weighted by atomic mass is 19.4. The smallest absolute Gasteiger partial charge is 0.362 e. The molecule has 0 radical (unpaired) electrons. The molecule has 1 atom stereocenters. The van der Waals surface area contributed by atoms with Gasteiger partial charge in [0.1, 0.15) is 0 Å². The SMILES string of the molecule is O=C(CCCc1ccccc1)N1N=C(C2CCCCC2)C[C@@]1(O)C(F)(F)F. The first-order chi connectivity index (χ1) is 12.8. The topological polar surface area (TPSA) is 52.9 Å². The van der Waals surface area contributed by atoms with Gasteiger partial charge in [0, 0.05) is 18.6 Å². The van der Waals surface area contributed by atoms with Gasteiger partial charge in [-0.15, -0.1) is 0 Å². The molecule has 1 aliphatic heterocycles. The van der Waals surface area contributed by atoms with E-state index in [-0.39, 0.29) is 12.3 Å². The fourth-order valence-corrected chi connectivity index (χ4v) is 3.91. The van der Waals surface area contributed by atoms with Gasteiger partial charge in [0.25, 0.3) is 5.72 Å². The molecule has 1 aromatic carbocycles. The molecule has 0 aromatic heterocycles. The van der Waals surface area contributed by atoms with Crippen molar-refractivity contribution in [1.82, 2.24) is 5.01 Å². The summed E-state index contributed by atoms with van der Waals surface area (Å²) in [4.78, 5) is 12.5. The molecule has 1 aliphatic carbocycles. The summed E-state index contributed by atoms with van der Waals surface area (Å²) >= 11 is 0. The molecule has 1 fully saturated rings. The molecule has 2 aliphatic rings. The normalized spacial score (nSPS) is 24.1. The molecule has 1 amide bonds. The number of hydrazone groups is 1. The number of alkyl halides is 3. The van der Waals surface area contributed by atoms with Crippen LogP contribution in [0.4, 0.5) is 13.2 Å². The van der Waals surface area contributed by atoms with Gasteiger partial charge >= 0.3 is 6.18 Å². The Morgan fingerprint density at radius 2 is 1.85 bits per heavy atom. The van der Waals surface area contributed by atoms with Gasteiger partial charge in [0.2, 0.25) is 5.91 Å². The number of aryl methyl sites for hydroxylation is 1. The lowest BCUT2D eigenvalue weighted by Crippen LogP contribution is -2.56. The van der Waals surface area contributed by atoms with Crippen LogP contribution in [-0.2, 0) is 11.2 Å². The van der Waals surface area contributed by atoms with Crippen LogP contribution in [0, 0.1) is 5.92 Å². The molecular formula is C20H25F3N2O2. The number of carbonyl (C=O) groups excluding carboxylic acids is 1. The zero-order chi connectivity index (χ0) is 19.5. The number of carbonyl (C=O) groups is 1. The molecule has 4 nitrogen and oxygen atoms in total. The Morgan fingerprint density at radius 3 is 2.48 bits per heavy atom. The third-order valence-electron chi connectivity index (χ3n) is 5.47. The van der Waals surface area contributed by atoms with E-state index < -0.39 is 24.2 Å². The van der Waals surface area contributed by atoms with Crippen LogP contribution >= 0.6 is 0 Å². The van der Waals surface area contributed by atoms with Crippen LogP contribution in [0.3, 0.4) is 0 Å². The summed E-state index contributed by atoms with van der Waals surface area (Å²) in [5.74, 6) is -0.855. The number of halogens is 3. The van der Waals surface area contributed by atoms with Crippen molar-refractivity contribution >= 4 is 11.6 Å². The van der Waals surface area contributed by atoms with E-state index in [0.717, 1.165) is 37.7 Å². The van der Waals surface area contributed by atoms with Crippen LogP contribution in [0.5, 0.6) is 0 Å². The number of rotatable bonds is 5. The number of hydrogen-bond donors (Lipinski definition) is 1. The van der Waals surface area contributed by atoms with Gasteiger partial charge in [-0.2, -0.15) is 23.3 Å². The van der Waals surface area contributed by atoms with Gasteiger partial charge in [-0.25, -0.2) is 0 Å². The Balaban J connectivity index is 1.70. The number of amides is 1. The molecule has 0 unspecified atom stereocenters. The van der Waals surface area contributed by atoms with Crippen molar-refractivity contribution in [2.24, 2.45) is 11.0 Å². The Morgan fingerprint density at radius 1 is 1.19 bits per heavy atom. The minimum atomic E-state index is -4.94. The molecule has 0 bridgehead atoms. The van der Waals surface area contributed by atoms with Crippen molar-refractivity contribution in [3.63, 3.8) is 0 Å². The Kier molecular flexibility index (Phi) is 5.89. The van der Waals surface area contributed by atoms with Crippen molar-refractivity contribution in [2.75, 3.05) is 0 Å². The van der Waals surface area contributed by atoms with E-state index in [2.05, 4.69) is 5.10 Å². The molecule has 0 spiro atoms. The quantitative estimate of drug-likeness (QED) is 0.819. The maximum Gasteiger partial charge on any atom is 0.438 e. The van der Waals surface area contributed by atoms with E-state index >= 15 is 0 Å². The summed E-state index contributed by atoms with van der Waals surface area (Å²) in [5.41, 5.74) is -1.89. The average molecular weight is 382 g/mol. The highest BCUT2D eigenvalue weighted by molar-refractivity contribution is 5.92. The van der Waals surface area contributed by atoms with E-state index in [1.807, 2.05) is 30.3 Å². The fraction of sp³-hybridized carbons (Fsp3) is 0.600. The monoisotopic (exact) mass is 382 g/mol. The van der Waals surface area contributed by atoms with Gasteiger partial charge in [-0.3, -0.25) is 4.79 Å². The van der Waals surface area contributed by atoms with Crippen LogP contribution < -0.4 is 0 Å². The van der Waals surface area contributed by atoms with E-state index in [0.29, 0.717) is 23.6 Å². The summed E-state index contributed by atoms with van der Waals surface area (Å²) < 4.78 is 40.7. The van der Waals surface area contributed by atoms with Gasteiger partial charge in [0.15, 0.2) is 0 Å². The minimum Gasteiger partial charge on any atom is -0.362 e. The van der Waals surface area contributed by atoms with E-state index in [1.54, 1.807) is 0 Å². The molecule has 3 rings (SSSR count).